The molecule has 0 saturated heterocycles. The molecule has 0 aliphatic carbocycles. The van der Waals surface area contributed by atoms with Gasteiger partial charge in [-0.15, -0.1) is 0 Å². The molecule has 2 N–H and O–H groups in total. The Hall–Kier alpha value is -0.640. The zero-order chi connectivity index (χ0) is 11.6. The summed E-state index contributed by atoms with van der Waals surface area (Å²) in [5.41, 5.74) is -0.988. The molecule has 0 spiro atoms. The Bertz CT molecular complexity index is 288. The molecule has 5 nitrogen and oxygen atoms in total. The Balaban J connectivity index is 4.43. The van der Waals surface area contributed by atoms with Crippen molar-refractivity contribution in [3.8, 4) is 0 Å². The molecule has 82 valence electrons. The third kappa shape index (κ3) is 5.91. The summed E-state index contributed by atoms with van der Waals surface area (Å²) in [5.74, 6) is -0.650. The predicted molar refractivity (Wildman–Crippen MR) is 51.9 cm³/mol. The molecule has 0 aromatic heterocycles. The molecule has 0 bridgehead atoms. The van der Waals surface area contributed by atoms with Crippen LogP contribution in [0.25, 0.3) is 0 Å². The molecule has 0 atom stereocenters. The lowest BCUT2D eigenvalue weighted by molar-refractivity contribution is -0.149. The smallest absolute Gasteiger partial charge is 0.333 e. The van der Waals surface area contributed by atoms with Crippen LogP contribution in [-0.2, 0) is 14.1 Å². The average molecular weight is 222 g/mol. The van der Waals surface area contributed by atoms with Crippen molar-refractivity contribution in [1.29, 1.82) is 0 Å². The maximum Gasteiger partial charge on any atom is 0.333 e. The Morgan fingerprint density at radius 2 is 1.93 bits per heavy atom. The van der Waals surface area contributed by atoms with E-state index in [1.807, 2.05) is 0 Å². The third-order valence-electron chi connectivity index (χ3n) is 1.30. The second-order valence-electron chi connectivity index (χ2n) is 3.75. The van der Waals surface area contributed by atoms with E-state index in [1.165, 1.54) is 20.8 Å². The highest BCUT2D eigenvalue weighted by Gasteiger charge is 2.31. The molecule has 0 fully saturated rings. The molecule has 0 aliphatic heterocycles. The number of esters is 1. The Morgan fingerprint density at radius 3 is 2.21 bits per heavy atom. The lowest BCUT2D eigenvalue weighted by Gasteiger charge is -2.25. The normalized spacial score (nSPS) is 12.4. The van der Waals surface area contributed by atoms with Gasteiger partial charge in [0.05, 0.1) is 6.16 Å². The molecule has 0 saturated carbocycles. The van der Waals surface area contributed by atoms with Crippen LogP contribution in [0.15, 0.2) is 12.2 Å². The first-order valence-corrected chi connectivity index (χ1v) is 5.77. The molecule has 0 amide bonds. The van der Waals surface area contributed by atoms with Crippen molar-refractivity contribution in [1.82, 2.24) is 0 Å². The van der Waals surface area contributed by atoms with E-state index in [1.54, 1.807) is 0 Å². The molecular weight excluding hydrogens is 207 g/mol. The quantitative estimate of drug-likeness (QED) is 0.422. The fraction of sp³-hybridized carbons (Fsp3) is 0.625. The van der Waals surface area contributed by atoms with Crippen LogP contribution in [-0.4, -0.2) is 27.5 Å². The molecule has 0 radical (unpaired) electrons. The first-order valence-electron chi connectivity index (χ1n) is 3.97. The molecule has 6 heteroatoms. The van der Waals surface area contributed by atoms with E-state index in [2.05, 4.69) is 6.58 Å². The van der Waals surface area contributed by atoms with Crippen LogP contribution in [0.4, 0.5) is 0 Å². The van der Waals surface area contributed by atoms with Crippen LogP contribution in [0.5, 0.6) is 0 Å². The topological polar surface area (TPSA) is 83.8 Å². The summed E-state index contributed by atoms with van der Waals surface area (Å²) in [6, 6.07) is 0. The first-order chi connectivity index (χ1) is 6.03. The number of hydrogen-bond acceptors (Lipinski definition) is 3. The van der Waals surface area contributed by atoms with Crippen LogP contribution in [0.2, 0.25) is 0 Å². The van der Waals surface area contributed by atoms with E-state index in [0.29, 0.717) is 0 Å². The van der Waals surface area contributed by atoms with Crippen molar-refractivity contribution in [2.24, 2.45) is 0 Å². The maximum absolute atomic E-state index is 11.1. The summed E-state index contributed by atoms with van der Waals surface area (Å²) in [7, 11) is -4.18. The number of ether oxygens (including phenoxy) is 1. The van der Waals surface area contributed by atoms with Gasteiger partial charge in [-0.2, -0.15) is 0 Å². The minimum atomic E-state index is -4.18. The Kier molecular flexibility index (Phi) is 4.06. The summed E-state index contributed by atoms with van der Waals surface area (Å²) < 4.78 is 15.5. The van der Waals surface area contributed by atoms with Gasteiger partial charge in [-0.3, -0.25) is 4.57 Å². The second-order valence-corrected chi connectivity index (χ2v) is 5.40. The maximum atomic E-state index is 11.1. The van der Waals surface area contributed by atoms with Gasteiger partial charge in [-0.05, 0) is 20.8 Å². The minimum Gasteiger partial charge on any atom is -0.456 e. The standard InChI is InChI=1S/C8H15O5P/c1-6(2)7(9)13-8(3,4)5-14(10,11)12/h1,5H2,2-4H3,(H2,10,11,12). The number of rotatable bonds is 4. The molecule has 0 unspecified atom stereocenters. The van der Waals surface area contributed by atoms with Crippen molar-refractivity contribution in [2.75, 3.05) is 6.16 Å². The monoisotopic (exact) mass is 222 g/mol. The molecule has 0 aromatic rings. The molecule has 0 rings (SSSR count). The predicted octanol–water partition coefficient (Wildman–Crippen LogP) is 1.06. The number of hydrogen-bond donors (Lipinski definition) is 2. The van der Waals surface area contributed by atoms with Crippen LogP contribution in [0.1, 0.15) is 20.8 Å². The van der Waals surface area contributed by atoms with Crippen molar-refractivity contribution in [2.45, 2.75) is 26.4 Å². The molecule has 0 aromatic carbocycles. The average Bonchev–Trinajstić information content (AvgIpc) is 1.78. The fourth-order valence-electron chi connectivity index (χ4n) is 0.866. The van der Waals surface area contributed by atoms with Gasteiger partial charge >= 0.3 is 13.6 Å². The summed E-state index contributed by atoms with van der Waals surface area (Å²) >= 11 is 0. The van der Waals surface area contributed by atoms with Gasteiger partial charge < -0.3 is 14.5 Å². The van der Waals surface area contributed by atoms with E-state index in [9.17, 15) is 9.36 Å². The zero-order valence-electron chi connectivity index (χ0n) is 8.48. The lowest BCUT2D eigenvalue weighted by atomic mass is 10.2. The van der Waals surface area contributed by atoms with Crippen LogP contribution in [0.3, 0.4) is 0 Å². The van der Waals surface area contributed by atoms with Gasteiger partial charge in [0.1, 0.15) is 5.60 Å². The van der Waals surface area contributed by atoms with Crippen LogP contribution >= 0.6 is 7.60 Å². The van der Waals surface area contributed by atoms with Gasteiger partial charge in [0.2, 0.25) is 0 Å². The highest BCUT2D eigenvalue weighted by atomic mass is 31.2. The molecule has 0 aliphatic rings. The van der Waals surface area contributed by atoms with E-state index in [0.717, 1.165) is 0 Å². The van der Waals surface area contributed by atoms with Gasteiger partial charge in [-0.1, -0.05) is 6.58 Å². The van der Waals surface area contributed by atoms with E-state index in [4.69, 9.17) is 14.5 Å². The zero-order valence-corrected chi connectivity index (χ0v) is 9.38. The summed E-state index contributed by atoms with van der Waals surface area (Å²) in [4.78, 5) is 28.5. The molecule has 14 heavy (non-hydrogen) atoms. The van der Waals surface area contributed by atoms with Crippen LogP contribution in [0, 0.1) is 0 Å². The van der Waals surface area contributed by atoms with Crippen molar-refractivity contribution < 1.29 is 23.9 Å². The van der Waals surface area contributed by atoms with Gasteiger partial charge in [0, 0.05) is 5.57 Å². The van der Waals surface area contributed by atoms with Crippen molar-refractivity contribution >= 4 is 13.6 Å². The van der Waals surface area contributed by atoms with Gasteiger partial charge in [-0.25, -0.2) is 4.79 Å². The van der Waals surface area contributed by atoms with E-state index >= 15 is 0 Å². The fourth-order valence-corrected chi connectivity index (χ4v) is 1.92. The van der Waals surface area contributed by atoms with Gasteiger partial charge in [0.15, 0.2) is 0 Å². The van der Waals surface area contributed by atoms with E-state index < -0.39 is 25.3 Å². The number of carbonyl (C=O) groups excluding carboxylic acids is 1. The minimum absolute atomic E-state index is 0.198. The summed E-state index contributed by atoms with van der Waals surface area (Å²) in [6.07, 6.45) is -0.501. The molecule has 0 heterocycles. The largest absolute Gasteiger partial charge is 0.456 e. The molecular formula is C8H15O5P. The second kappa shape index (κ2) is 4.26. The lowest BCUT2D eigenvalue weighted by Crippen LogP contribution is -2.32. The summed E-state index contributed by atoms with van der Waals surface area (Å²) in [6.45, 7) is 7.71. The number of carbonyl (C=O) groups is 1. The summed E-state index contributed by atoms with van der Waals surface area (Å²) in [5, 5.41) is 0. The Morgan fingerprint density at radius 1 is 1.50 bits per heavy atom. The van der Waals surface area contributed by atoms with Crippen molar-refractivity contribution in [3.05, 3.63) is 12.2 Å². The van der Waals surface area contributed by atoms with Crippen LogP contribution < -0.4 is 0 Å². The van der Waals surface area contributed by atoms with Gasteiger partial charge in [0.25, 0.3) is 0 Å². The van der Waals surface area contributed by atoms with Crippen molar-refractivity contribution in [3.63, 3.8) is 0 Å². The third-order valence-corrected chi connectivity index (χ3v) is 2.48. The highest BCUT2D eigenvalue weighted by molar-refractivity contribution is 7.51. The first kappa shape index (κ1) is 13.4. The highest BCUT2D eigenvalue weighted by Crippen LogP contribution is 2.39. The SMILES string of the molecule is C=C(C)C(=O)OC(C)(C)CP(=O)(O)O. The Labute approximate surface area is 82.9 Å². The van der Waals surface area contributed by atoms with E-state index in [-0.39, 0.29) is 5.57 Å².